The van der Waals surface area contributed by atoms with E-state index in [0.717, 1.165) is 11.1 Å². The third-order valence-electron chi connectivity index (χ3n) is 4.76. The van der Waals surface area contributed by atoms with Gasteiger partial charge in [0.05, 0.1) is 5.92 Å². The lowest BCUT2D eigenvalue weighted by Crippen LogP contribution is -2.45. The lowest BCUT2D eigenvalue weighted by molar-refractivity contribution is -0.144. The number of piperidine rings is 1. The standard InChI is InChI=1S/C20H21NO5/c22-19(23)18-12-21(20(24)25)11-10-17(18)15-6-8-16(9-7-15)26-13-14-4-2-1-3-5-14/h1-9,17-18H,10-13H2,(H,22,23)(H,24,25)/t17-,18+/m1/s1. The maximum absolute atomic E-state index is 11.6. The van der Waals surface area contributed by atoms with Crippen molar-refractivity contribution in [1.29, 1.82) is 0 Å². The van der Waals surface area contributed by atoms with Gasteiger partial charge in [-0.15, -0.1) is 0 Å². The van der Waals surface area contributed by atoms with Gasteiger partial charge in [0.1, 0.15) is 12.4 Å². The maximum Gasteiger partial charge on any atom is 0.407 e. The van der Waals surface area contributed by atoms with Crippen LogP contribution in [0.25, 0.3) is 0 Å². The highest BCUT2D eigenvalue weighted by Gasteiger charge is 2.36. The fourth-order valence-electron chi connectivity index (χ4n) is 3.33. The summed E-state index contributed by atoms with van der Waals surface area (Å²) in [6.45, 7) is 0.826. The molecule has 1 fully saturated rings. The van der Waals surface area contributed by atoms with E-state index in [1.807, 2.05) is 54.6 Å². The quantitative estimate of drug-likeness (QED) is 0.858. The van der Waals surface area contributed by atoms with Crippen LogP contribution in [-0.2, 0) is 11.4 Å². The number of ether oxygens (including phenoxy) is 1. The highest BCUT2D eigenvalue weighted by Crippen LogP contribution is 2.34. The number of likely N-dealkylation sites (tertiary alicyclic amines) is 1. The van der Waals surface area contributed by atoms with E-state index in [1.54, 1.807) is 0 Å². The van der Waals surface area contributed by atoms with Crippen LogP contribution < -0.4 is 4.74 Å². The Morgan fingerprint density at radius 3 is 2.35 bits per heavy atom. The first-order chi connectivity index (χ1) is 12.5. The van der Waals surface area contributed by atoms with Crippen LogP contribution in [0.4, 0.5) is 4.79 Å². The van der Waals surface area contributed by atoms with E-state index in [4.69, 9.17) is 9.84 Å². The van der Waals surface area contributed by atoms with Crippen LogP contribution in [0.5, 0.6) is 5.75 Å². The Labute approximate surface area is 151 Å². The van der Waals surface area contributed by atoms with Crippen molar-refractivity contribution in [3.8, 4) is 5.75 Å². The minimum Gasteiger partial charge on any atom is -0.489 e. The van der Waals surface area contributed by atoms with Crippen LogP contribution in [0.15, 0.2) is 54.6 Å². The van der Waals surface area contributed by atoms with Gasteiger partial charge in [-0.2, -0.15) is 0 Å². The summed E-state index contributed by atoms with van der Waals surface area (Å²) < 4.78 is 5.75. The second-order valence-electron chi connectivity index (χ2n) is 6.41. The van der Waals surface area contributed by atoms with Crippen molar-refractivity contribution in [3.05, 3.63) is 65.7 Å². The number of hydrogen-bond donors (Lipinski definition) is 2. The zero-order valence-electron chi connectivity index (χ0n) is 14.2. The van der Waals surface area contributed by atoms with E-state index in [-0.39, 0.29) is 12.5 Å². The molecule has 0 unspecified atom stereocenters. The van der Waals surface area contributed by atoms with Gasteiger partial charge >= 0.3 is 12.1 Å². The summed E-state index contributed by atoms with van der Waals surface area (Å²) >= 11 is 0. The van der Waals surface area contributed by atoms with Gasteiger partial charge in [-0.1, -0.05) is 42.5 Å². The van der Waals surface area contributed by atoms with Gasteiger partial charge in [0.25, 0.3) is 0 Å². The number of aliphatic carboxylic acids is 1. The third kappa shape index (κ3) is 4.14. The molecule has 26 heavy (non-hydrogen) atoms. The maximum atomic E-state index is 11.6. The Morgan fingerprint density at radius 2 is 1.73 bits per heavy atom. The van der Waals surface area contributed by atoms with Gasteiger partial charge in [-0.25, -0.2) is 4.79 Å². The first kappa shape index (κ1) is 17.8. The van der Waals surface area contributed by atoms with Crippen LogP contribution in [0.1, 0.15) is 23.5 Å². The third-order valence-corrected chi connectivity index (χ3v) is 4.76. The van der Waals surface area contributed by atoms with E-state index in [1.165, 1.54) is 4.90 Å². The first-order valence-corrected chi connectivity index (χ1v) is 8.52. The topological polar surface area (TPSA) is 87.1 Å². The van der Waals surface area contributed by atoms with Gasteiger partial charge in [-0.05, 0) is 29.7 Å². The molecule has 3 rings (SSSR count). The Bertz CT molecular complexity index is 760. The molecule has 1 aliphatic heterocycles. The molecular weight excluding hydrogens is 334 g/mol. The summed E-state index contributed by atoms with van der Waals surface area (Å²) in [5.74, 6) is -1.19. The predicted octanol–water partition coefficient (Wildman–Crippen LogP) is 3.43. The Hall–Kier alpha value is -3.02. The van der Waals surface area contributed by atoms with E-state index >= 15 is 0 Å². The van der Waals surface area contributed by atoms with Crippen molar-refractivity contribution < 1.29 is 24.5 Å². The smallest absolute Gasteiger partial charge is 0.407 e. The molecule has 0 bridgehead atoms. The average molecular weight is 355 g/mol. The summed E-state index contributed by atoms with van der Waals surface area (Å²) in [7, 11) is 0. The summed E-state index contributed by atoms with van der Waals surface area (Å²) in [4.78, 5) is 23.9. The van der Waals surface area contributed by atoms with E-state index < -0.39 is 18.0 Å². The number of rotatable bonds is 5. The number of hydrogen-bond acceptors (Lipinski definition) is 3. The number of carboxylic acids is 1. The highest BCUT2D eigenvalue weighted by atomic mass is 16.5. The largest absolute Gasteiger partial charge is 0.489 e. The van der Waals surface area contributed by atoms with Gasteiger partial charge in [0.2, 0.25) is 0 Å². The molecule has 0 saturated carbocycles. The van der Waals surface area contributed by atoms with Crippen molar-refractivity contribution in [2.45, 2.75) is 18.9 Å². The highest BCUT2D eigenvalue weighted by molar-refractivity contribution is 5.74. The molecule has 1 amide bonds. The van der Waals surface area contributed by atoms with Crippen LogP contribution in [-0.4, -0.2) is 40.3 Å². The summed E-state index contributed by atoms with van der Waals surface area (Å²) in [5, 5.41) is 18.6. The van der Waals surface area contributed by atoms with Crippen LogP contribution in [0.3, 0.4) is 0 Å². The molecule has 0 radical (unpaired) electrons. The molecule has 2 aromatic carbocycles. The zero-order chi connectivity index (χ0) is 18.5. The molecule has 136 valence electrons. The molecule has 6 heteroatoms. The summed E-state index contributed by atoms with van der Waals surface area (Å²) in [6, 6.07) is 17.3. The normalized spacial score (nSPS) is 19.8. The van der Waals surface area contributed by atoms with Crippen molar-refractivity contribution in [2.24, 2.45) is 5.92 Å². The van der Waals surface area contributed by atoms with Crippen LogP contribution in [0.2, 0.25) is 0 Å². The second kappa shape index (κ2) is 7.91. The fraction of sp³-hybridized carbons (Fsp3) is 0.300. The molecule has 1 heterocycles. The lowest BCUT2D eigenvalue weighted by atomic mass is 9.80. The molecule has 1 saturated heterocycles. The Kier molecular flexibility index (Phi) is 5.41. The van der Waals surface area contributed by atoms with Gasteiger partial charge < -0.3 is 19.8 Å². The number of amides is 1. The zero-order valence-corrected chi connectivity index (χ0v) is 14.2. The van der Waals surface area contributed by atoms with Crippen molar-refractivity contribution in [1.82, 2.24) is 4.90 Å². The SMILES string of the molecule is O=C(O)[C@H]1CN(C(=O)O)CC[C@@H]1c1ccc(OCc2ccccc2)cc1. The van der Waals surface area contributed by atoms with Crippen LogP contribution in [0, 0.1) is 5.92 Å². The van der Waals surface area contributed by atoms with Crippen molar-refractivity contribution in [3.63, 3.8) is 0 Å². The molecule has 0 aromatic heterocycles. The molecule has 0 aliphatic carbocycles. The first-order valence-electron chi connectivity index (χ1n) is 8.52. The van der Waals surface area contributed by atoms with E-state index in [0.29, 0.717) is 25.3 Å². The van der Waals surface area contributed by atoms with Crippen molar-refractivity contribution >= 4 is 12.1 Å². The summed E-state index contributed by atoms with van der Waals surface area (Å²) in [5.41, 5.74) is 1.97. The predicted molar refractivity (Wildman–Crippen MR) is 95.3 cm³/mol. The number of carbonyl (C=O) groups is 2. The van der Waals surface area contributed by atoms with E-state index in [9.17, 15) is 14.7 Å². The van der Waals surface area contributed by atoms with Gasteiger partial charge in [0, 0.05) is 19.0 Å². The van der Waals surface area contributed by atoms with Gasteiger partial charge in [-0.3, -0.25) is 4.79 Å². The van der Waals surface area contributed by atoms with Crippen molar-refractivity contribution in [2.75, 3.05) is 13.1 Å². The minimum absolute atomic E-state index is 0.0155. The molecule has 2 aromatic rings. The van der Waals surface area contributed by atoms with E-state index in [2.05, 4.69) is 0 Å². The lowest BCUT2D eigenvalue weighted by Gasteiger charge is -2.35. The van der Waals surface area contributed by atoms with Gasteiger partial charge in [0.15, 0.2) is 0 Å². The molecule has 2 atom stereocenters. The average Bonchev–Trinajstić information content (AvgIpc) is 2.67. The monoisotopic (exact) mass is 355 g/mol. The Morgan fingerprint density at radius 1 is 1.04 bits per heavy atom. The molecule has 0 spiro atoms. The molecule has 1 aliphatic rings. The summed E-state index contributed by atoms with van der Waals surface area (Å²) in [6.07, 6.45) is -0.576. The Balaban J connectivity index is 1.67. The second-order valence-corrected chi connectivity index (χ2v) is 6.41. The number of nitrogens with zero attached hydrogens (tertiary/aromatic N) is 1. The van der Waals surface area contributed by atoms with Crippen LogP contribution >= 0.6 is 0 Å². The minimum atomic E-state index is -1.07. The molecular formula is C20H21NO5. The molecule has 2 N–H and O–H groups in total. The number of carboxylic acid groups (broad SMARTS) is 2. The fourth-order valence-corrected chi connectivity index (χ4v) is 3.33. The number of benzene rings is 2. The molecule has 6 nitrogen and oxygen atoms in total.